The first-order valence-corrected chi connectivity index (χ1v) is 4.65. The maximum absolute atomic E-state index is 11.2. The van der Waals surface area contributed by atoms with Crippen molar-refractivity contribution < 1.29 is 4.79 Å². The van der Waals surface area contributed by atoms with Gasteiger partial charge in [-0.3, -0.25) is 4.79 Å². The second-order valence-electron chi connectivity index (χ2n) is 3.35. The van der Waals surface area contributed by atoms with Crippen LogP contribution in [-0.2, 0) is 0 Å². The quantitative estimate of drug-likeness (QED) is 0.729. The summed E-state index contributed by atoms with van der Waals surface area (Å²) in [6.45, 7) is 4.28. The molecule has 0 fully saturated rings. The lowest BCUT2D eigenvalue weighted by atomic mass is 10.0. The molecule has 1 amide bonds. The molecule has 0 unspecified atom stereocenters. The highest BCUT2D eigenvalue weighted by Gasteiger charge is 2.11. The lowest BCUT2D eigenvalue weighted by Crippen LogP contribution is -2.16. The van der Waals surface area contributed by atoms with Crippen LogP contribution in [0.2, 0.25) is 0 Å². The number of benzene rings is 1. The molecule has 0 saturated carbocycles. The van der Waals surface area contributed by atoms with E-state index in [1.807, 2.05) is 19.9 Å². The van der Waals surface area contributed by atoms with Crippen LogP contribution in [0, 0.1) is 26.2 Å². The Morgan fingerprint density at radius 1 is 1.53 bits per heavy atom. The molecule has 0 aromatic heterocycles. The van der Waals surface area contributed by atoms with Crippen LogP contribution in [0.1, 0.15) is 21.5 Å². The van der Waals surface area contributed by atoms with Gasteiger partial charge in [-0.25, -0.2) is 0 Å². The van der Waals surface area contributed by atoms with E-state index in [-0.39, 0.29) is 0 Å². The van der Waals surface area contributed by atoms with Gasteiger partial charge in [0, 0.05) is 0 Å². The third-order valence-electron chi connectivity index (χ3n) is 2.37. The second-order valence-corrected chi connectivity index (χ2v) is 3.35. The normalized spacial score (nSPS) is 9.40. The van der Waals surface area contributed by atoms with Crippen LogP contribution in [0.4, 0.5) is 5.69 Å². The number of anilines is 1. The molecular weight excluding hydrogens is 188 g/mol. The number of terminal acetylenes is 1. The van der Waals surface area contributed by atoms with Gasteiger partial charge in [-0.1, -0.05) is 12.0 Å². The number of hydrogen-bond donors (Lipinski definition) is 2. The fraction of sp³-hybridized carbons (Fsp3) is 0.250. The van der Waals surface area contributed by atoms with Crippen LogP contribution >= 0.6 is 0 Å². The molecule has 0 aliphatic carbocycles. The van der Waals surface area contributed by atoms with Crippen LogP contribution < -0.4 is 11.1 Å². The Morgan fingerprint density at radius 2 is 2.20 bits per heavy atom. The average molecular weight is 202 g/mol. The summed E-state index contributed by atoms with van der Waals surface area (Å²) >= 11 is 0. The molecule has 1 aromatic rings. The smallest absolute Gasteiger partial charge is 0.250 e. The molecule has 0 saturated heterocycles. The number of nitrogens with two attached hydrogens (primary N) is 1. The van der Waals surface area contributed by atoms with Gasteiger partial charge in [0.25, 0.3) is 5.91 Å². The number of primary amides is 1. The van der Waals surface area contributed by atoms with E-state index >= 15 is 0 Å². The first-order valence-electron chi connectivity index (χ1n) is 4.65. The Morgan fingerprint density at radius 3 is 2.73 bits per heavy atom. The topological polar surface area (TPSA) is 55.1 Å². The average Bonchev–Trinajstić information content (AvgIpc) is 2.19. The molecule has 1 rings (SSSR count). The second kappa shape index (κ2) is 4.52. The van der Waals surface area contributed by atoms with Crippen LogP contribution in [0.25, 0.3) is 0 Å². The highest BCUT2D eigenvalue weighted by atomic mass is 16.1. The number of aryl methyl sites for hydroxylation is 1. The molecular formula is C12H14N2O. The van der Waals surface area contributed by atoms with Crippen LogP contribution in [-0.4, -0.2) is 12.5 Å². The van der Waals surface area contributed by atoms with Crippen molar-refractivity contribution in [2.45, 2.75) is 13.8 Å². The summed E-state index contributed by atoms with van der Waals surface area (Å²) in [5.41, 5.74) is 8.59. The van der Waals surface area contributed by atoms with Crippen molar-refractivity contribution >= 4 is 11.6 Å². The van der Waals surface area contributed by atoms with Crippen LogP contribution in [0.15, 0.2) is 12.1 Å². The van der Waals surface area contributed by atoms with E-state index in [4.69, 9.17) is 12.2 Å². The van der Waals surface area contributed by atoms with Crippen molar-refractivity contribution in [1.82, 2.24) is 0 Å². The number of nitrogens with one attached hydrogen (secondary N) is 1. The summed E-state index contributed by atoms with van der Waals surface area (Å²) in [5.74, 6) is 2.02. The van der Waals surface area contributed by atoms with Crippen molar-refractivity contribution in [2.75, 3.05) is 11.9 Å². The predicted octanol–water partition coefficient (Wildman–Crippen LogP) is 1.45. The van der Waals surface area contributed by atoms with E-state index in [9.17, 15) is 4.79 Å². The predicted molar refractivity (Wildman–Crippen MR) is 61.8 cm³/mol. The van der Waals surface area contributed by atoms with Gasteiger partial charge >= 0.3 is 0 Å². The molecule has 0 heterocycles. The van der Waals surface area contributed by atoms with Crippen molar-refractivity contribution in [3.63, 3.8) is 0 Å². The van der Waals surface area contributed by atoms with Crippen molar-refractivity contribution in [3.05, 3.63) is 28.8 Å². The molecule has 15 heavy (non-hydrogen) atoms. The number of amides is 1. The minimum absolute atomic E-state index is 0.380. The van der Waals surface area contributed by atoms with Gasteiger partial charge < -0.3 is 11.1 Å². The third-order valence-corrected chi connectivity index (χ3v) is 2.37. The minimum Gasteiger partial charge on any atom is -0.373 e. The lowest BCUT2D eigenvalue weighted by molar-refractivity contribution is 0.100. The standard InChI is InChI=1S/C12H14N2O/c1-4-7-14-11-9(3)8(2)5-6-10(11)12(13)15/h1,5-6,14H,7H2,2-3H3,(H2,13,15). The van der Waals surface area contributed by atoms with E-state index in [0.717, 1.165) is 16.8 Å². The molecule has 0 aliphatic rings. The molecule has 3 N–H and O–H groups in total. The number of carbonyl (C=O) groups excluding carboxylic acids is 1. The Bertz CT molecular complexity index is 430. The van der Waals surface area contributed by atoms with Gasteiger partial charge in [0.1, 0.15) is 0 Å². The van der Waals surface area contributed by atoms with Gasteiger partial charge in [0.05, 0.1) is 17.8 Å². The van der Waals surface area contributed by atoms with Crippen molar-refractivity contribution in [3.8, 4) is 12.3 Å². The molecule has 1 aromatic carbocycles. The zero-order valence-electron chi connectivity index (χ0n) is 8.92. The summed E-state index contributed by atoms with van der Waals surface area (Å²) in [4.78, 5) is 11.2. The molecule has 0 aliphatic heterocycles. The van der Waals surface area contributed by atoms with E-state index in [1.165, 1.54) is 0 Å². The summed E-state index contributed by atoms with van der Waals surface area (Å²) in [5, 5.41) is 3.02. The third kappa shape index (κ3) is 2.29. The maximum Gasteiger partial charge on any atom is 0.250 e. The molecule has 0 bridgehead atoms. The van der Waals surface area contributed by atoms with Gasteiger partial charge in [-0.05, 0) is 31.0 Å². The van der Waals surface area contributed by atoms with Crippen LogP contribution in [0.3, 0.4) is 0 Å². The van der Waals surface area contributed by atoms with Gasteiger partial charge in [0.15, 0.2) is 0 Å². The van der Waals surface area contributed by atoms with E-state index in [1.54, 1.807) is 6.07 Å². The Balaban J connectivity index is 3.23. The van der Waals surface area contributed by atoms with Gasteiger partial charge in [-0.2, -0.15) is 0 Å². The fourth-order valence-electron chi connectivity index (χ4n) is 1.39. The maximum atomic E-state index is 11.2. The molecule has 3 heteroatoms. The minimum atomic E-state index is -0.447. The Labute approximate surface area is 89.7 Å². The van der Waals surface area contributed by atoms with E-state index in [2.05, 4.69) is 11.2 Å². The summed E-state index contributed by atoms with van der Waals surface area (Å²) in [6, 6.07) is 3.58. The number of carbonyl (C=O) groups is 1. The summed E-state index contributed by atoms with van der Waals surface area (Å²) in [6.07, 6.45) is 5.16. The van der Waals surface area contributed by atoms with Crippen molar-refractivity contribution in [1.29, 1.82) is 0 Å². The molecule has 3 nitrogen and oxygen atoms in total. The van der Waals surface area contributed by atoms with Gasteiger partial charge in [-0.15, -0.1) is 6.42 Å². The Kier molecular flexibility index (Phi) is 3.35. The fourth-order valence-corrected chi connectivity index (χ4v) is 1.39. The highest BCUT2D eigenvalue weighted by Crippen LogP contribution is 2.23. The first kappa shape index (κ1) is 11.1. The highest BCUT2D eigenvalue weighted by molar-refractivity contribution is 5.99. The number of hydrogen-bond acceptors (Lipinski definition) is 2. The summed E-state index contributed by atoms with van der Waals surface area (Å²) in [7, 11) is 0. The van der Waals surface area contributed by atoms with Gasteiger partial charge in [0.2, 0.25) is 0 Å². The van der Waals surface area contributed by atoms with Crippen molar-refractivity contribution in [2.24, 2.45) is 5.73 Å². The molecule has 0 spiro atoms. The zero-order valence-corrected chi connectivity index (χ0v) is 8.92. The largest absolute Gasteiger partial charge is 0.373 e. The zero-order chi connectivity index (χ0) is 11.4. The van der Waals surface area contributed by atoms with E-state index < -0.39 is 5.91 Å². The molecule has 0 atom stereocenters. The monoisotopic (exact) mass is 202 g/mol. The Hall–Kier alpha value is -1.95. The number of rotatable bonds is 3. The molecule has 78 valence electrons. The first-order chi connectivity index (χ1) is 7.07. The summed E-state index contributed by atoms with van der Waals surface area (Å²) < 4.78 is 0. The SMILES string of the molecule is C#CCNc1c(C(N)=O)ccc(C)c1C. The lowest BCUT2D eigenvalue weighted by Gasteiger charge is -2.13. The molecule has 0 radical (unpaired) electrons. The van der Waals surface area contributed by atoms with E-state index in [0.29, 0.717) is 12.1 Å². The van der Waals surface area contributed by atoms with Crippen LogP contribution in [0.5, 0.6) is 0 Å².